The van der Waals surface area contributed by atoms with Gasteiger partial charge in [0.1, 0.15) is 5.76 Å². The van der Waals surface area contributed by atoms with Crippen LogP contribution >= 0.6 is 0 Å². The molecule has 0 saturated carbocycles. The van der Waals surface area contributed by atoms with E-state index in [4.69, 9.17) is 4.42 Å². The van der Waals surface area contributed by atoms with E-state index in [0.29, 0.717) is 11.7 Å². The molecule has 0 radical (unpaired) electrons. The lowest BCUT2D eigenvalue weighted by atomic mass is 10.4. The molecule has 2 aromatic heterocycles. The van der Waals surface area contributed by atoms with Crippen LogP contribution in [0.4, 0.5) is 11.8 Å². The molecule has 0 aromatic carbocycles. The fraction of sp³-hybridized carbons (Fsp3) is 0.308. The van der Waals surface area contributed by atoms with Crippen LogP contribution in [0.15, 0.2) is 27.7 Å². The summed E-state index contributed by atoms with van der Waals surface area (Å²) in [5, 5.41) is 4.05. The van der Waals surface area contributed by atoms with Crippen LogP contribution in [0.5, 0.6) is 0 Å². The molecular formula is C13H17N5O. The van der Waals surface area contributed by atoms with Crippen LogP contribution in [0.25, 0.3) is 0 Å². The van der Waals surface area contributed by atoms with Crippen molar-refractivity contribution in [1.29, 1.82) is 0 Å². The van der Waals surface area contributed by atoms with E-state index < -0.39 is 0 Å². The standard InChI is InChI=1S/C13H17N5O/c1-9-7-10(2)16-13(15-9)17-14-8-11-5-6-12(19-11)18(3)4/h5-8H,1-4H3,(H,15,16,17)/b14-8+. The number of nitrogens with one attached hydrogen (secondary N) is 1. The summed E-state index contributed by atoms with van der Waals surface area (Å²) in [4.78, 5) is 10.3. The highest BCUT2D eigenvalue weighted by molar-refractivity contribution is 5.77. The van der Waals surface area contributed by atoms with Crippen molar-refractivity contribution < 1.29 is 4.42 Å². The van der Waals surface area contributed by atoms with Crippen LogP contribution in [0.1, 0.15) is 17.1 Å². The Bertz CT molecular complexity index is 568. The second kappa shape index (κ2) is 5.51. The first kappa shape index (κ1) is 13.1. The van der Waals surface area contributed by atoms with Crippen molar-refractivity contribution in [3.05, 3.63) is 35.3 Å². The molecule has 0 aliphatic carbocycles. The van der Waals surface area contributed by atoms with Gasteiger partial charge in [0.15, 0.2) is 5.88 Å². The summed E-state index contributed by atoms with van der Waals surface area (Å²) < 4.78 is 5.53. The predicted octanol–water partition coefficient (Wildman–Crippen LogP) is 2.20. The molecule has 0 aliphatic heterocycles. The third kappa shape index (κ3) is 3.54. The van der Waals surface area contributed by atoms with Crippen molar-refractivity contribution in [3.8, 4) is 0 Å². The van der Waals surface area contributed by atoms with Gasteiger partial charge in [-0.15, -0.1) is 0 Å². The first-order valence-corrected chi connectivity index (χ1v) is 5.93. The number of nitrogens with zero attached hydrogens (tertiary/aromatic N) is 4. The van der Waals surface area contributed by atoms with Gasteiger partial charge in [-0.05, 0) is 26.0 Å². The Labute approximate surface area is 112 Å². The summed E-state index contributed by atoms with van der Waals surface area (Å²) in [7, 11) is 3.84. The van der Waals surface area contributed by atoms with Crippen molar-refractivity contribution in [2.75, 3.05) is 24.4 Å². The Morgan fingerprint density at radius 3 is 2.47 bits per heavy atom. The zero-order valence-corrected chi connectivity index (χ0v) is 11.5. The molecule has 0 atom stereocenters. The van der Waals surface area contributed by atoms with E-state index in [1.165, 1.54) is 0 Å². The third-order valence-corrected chi connectivity index (χ3v) is 2.39. The lowest BCUT2D eigenvalue weighted by Crippen LogP contribution is -2.06. The van der Waals surface area contributed by atoms with Gasteiger partial charge in [0.2, 0.25) is 5.95 Å². The van der Waals surface area contributed by atoms with E-state index in [2.05, 4.69) is 20.5 Å². The fourth-order valence-electron chi connectivity index (χ4n) is 1.58. The van der Waals surface area contributed by atoms with Crippen LogP contribution in [-0.4, -0.2) is 30.3 Å². The molecule has 19 heavy (non-hydrogen) atoms. The van der Waals surface area contributed by atoms with Gasteiger partial charge in [-0.1, -0.05) is 0 Å². The Hall–Kier alpha value is -2.37. The van der Waals surface area contributed by atoms with E-state index in [1.807, 2.05) is 51.0 Å². The molecule has 2 rings (SSSR count). The van der Waals surface area contributed by atoms with E-state index in [1.54, 1.807) is 6.21 Å². The molecule has 2 aromatic rings. The molecule has 6 heteroatoms. The number of rotatable bonds is 4. The minimum atomic E-state index is 0.480. The van der Waals surface area contributed by atoms with E-state index in [-0.39, 0.29) is 0 Å². The van der Waals surface area contributed by atoms with Gasteiger partial charge in [-0.25, -0.2) is 15.4 Å². The molecular weight excluding hydrogens is 242 g/mol. The van der Waals surface area contributed by atoms with Gasteiger partial charge >= 0.3 is 0 Å². The summed E-state index contributed by atoms with van der Waals surface area (Å²) in [6.45, 7) is 3.83. The van der Waals surface area contributed by atoms with E-state index in [0.717, 1.165) is 17.3 Å². The zero-order chi connectivity index (χ0) is 13.8. The molecule has 6 nitrogen and oxygen atoms in total. The molecule has 1 N–H and O–H groups in total. The molecule has 0 spiro atoms. The molecule has 0 bridgehead atoms. The van der Waals surface area contributed by atoms with Gasteiger partial charge in [-0.2, -0.15) is 5.10 Å². The molecule has 0 unspecified atom stereocenters. The Morgan fingerprint density at radius 1 is 1.21 bits per heavy atom. The number of hydrogen-bond donors (Lipinski definition) is 1. The lowest BCUT2D eigenvalue weighted by molar-refractivity contribution is 0.558. The first-order chi connectivity index (χ1) is 9.04. The van der Waals surface area contributed by atoms with Crippen molar-refractivity contribution in [2.45, 2.75) is 13.8 Å². The molecule has 0 amide bonds. The second-order valence-corrected chi connectivity index (χ2v) is 4.41. The molecule has 0 aliphatic rings. The molecule has 2 heterocycles. The lowest BCUT2D eigenvalue weighted by Gasteiger charge is -2.05. The van der Waals surface area contributed by atoms with Crippen molar-refractivity contribution in [1.82, 2.24) is 9.97 Å². The summed E-state index contributed by atoms with van der Waals surface area (Å²) in [5.41, 5.74) is 4.59. The van der Waals surface area contributed by atoms with Gasteiger partial charge in [0, 0.05) is 31.5 Å². The summed E-state index contributed by atoms with van der Waals surface area (Å²) in [6, 6.07) is 5.64. The van der Waals surface area contributed by atoms with Gasteiger partial charge in [0.25, 0.3) is 0 Å². The first-order valence-electron chi connectivity index (χ1n) is 5.93. The molecule has 100 valence electrons. The quantitative estimate of drug-likeness (QED) is 0.673. The van der Waals surface area contributed by atoms with Gasteiger partial charge in [-0.3, -0.25) is 0 Å². The molecule has 0 saturated heterocycles. The molecule has 0 fully saturated rings. The van der Waals surface area contributed by atoms with Crippen LogP contribution in [0.3, 0.4) is 0 Å². The number of hydrazone groups is 1. The fourth-order valence-corrected chi connectivity index (χ4v) is 1.58. The van der Waals surface area contributed by atoms with Crippen LogP contribution in [-0.2, 0) is 0 Å². The Morgan fingerprint density at radius 2 is 1.89 bits per heavy atom. The largest absolute Gasteiger partial charge is 0.440 e. The van der Waals surface area contributed by atoms with Crippen molar-refractivity contribution in [3.63, 3.8) is 0 Å². The highest BCUT2D eigenvalue weighted by atomic mass is 16.4. The normalized spacial score (nSPS) is 10.9. The average Bonchev–Trinajstić information content (AvgIpc) is 2.76. The number of furan rings is 1. The second-order valence-electron chi connectivity index (χ2n) is 4.41. The smallest absolute Gasteiger partial charge is 0.243 e. The van der Waals surface area contributed by atoms with Gasteiger partial charge < -0.3 is 9.32 Å². The SMILES string of the molecule is Cc1cc(C)nc(N/N=C/c2ccc(N(C)C)o2)n1. The Kier molecular flexibility index (Phi) is 3.79. The van der Waals surface area contributed by atoms with Crippen molar-refractivity contribution >= 4 is 18.0 Å². The highest BCUT2D eigenvalue weighted by Crippen LogP contribution is 2.14. The average molecular weight is 259 g/mol. The topological polar surface area (TPSA) is 66.6 Å². The van der Waals surface area contributed by atoms with Crippen LogP contribution < -0.4 is 10.3 Å². The predicted molar refractivity (Wildman–Crippen MR) is 75.8 cm³/mol. The number of aryl methyl sites for hydroxylation is 2. The summed E-state index contributed by atoms with van der Waals surface area (Å²) in [6.07, 6.45) is 1.59. The van der Waals surface area contributed by atoms with Crippen molar-refractivity contribution in [2.24, 2.45) is 5.10 Å². The van der Waals surface area contributed by atoms with Crippen LogP contribution in [0.2, 0.25) is 0 Å². The summed E-state index contributed by atoms with van der Waals surface area (Å²) >= 11 is 0. The third-order valence-electron chi connectivity index (χ3n) is 2.39. The van der Waals surface area contributed by atoms with E-state index >= 15 is 0 Å². The maximum absolute atomic E-state index is 5.53. The minimum absolute atomic E-state index is 0.480. The number of aromatic nitrogens is 2. The maximum Gasteiger partial charge on any atom is 0.243 e. The highest BCUT2D eigenvalue weighted by Gasteiger charge is 2.01. The number of hydrogen-bond acceptors (Lipinski definition) is 6. The van der Waals surface area contributed by atoms with Crippen LogP contribution in [0, 0.1) is 13.8 Å². The minimum Gasteiger partial charge on any atom is -0.440 e. The Balaban J connectivity index is 2.02. The monoisotopic (exact) mass is 259 g/mol. The zero-order valence-electron chi connectivity index (χ0n) is 11.5. The van der Waals surface area contributed by atoms with Gasteiger partial charge in [0.05, 0.1) is 6.21 Å². The maximum atomic E-state index is 5.53. The number of anilines is 2. The van der Waals surface area contributed by atoms with E-state index in [9.17, 15) is 0 Å². The summed E-state index contributed by atoms with van der Waals surface area (Å²) in [5.74, 6) is 1.93.